The molecule has 2 N–H and O–H groups in total. The first kappa shape index (κ1) is 13.3. The second-order valence-electron chi connectivity index (χ2n) is 6.33. The molecular formula is C15H23FN2. The van der Waals surface area contributed by atoms with Crippen molar-refractivity contribution in [3.63, 3.8) is 0 Å². The van der Waals surface area contributed by atoms with Crippen molar-refractivity contribution in [2.24, 2.45) is 11.7 Å². The number of halogens is 1. The third kappa shape index (κ3) is 2.37. The summed E-state index contributed by atoms with van der Waals surface area (Å²) in [7, 11) is 0. The van der Waals surface area contributed by atoms with Gasteiger partial charge in [0.1, 0.15) is 5.82 Å². The predicted octanol–water partition coefficient (Wildman–Crippen LogP) is 2.91. The minimum absolute atomic E-state index is 0.00582. The van der Waals surface area contributed by atoms with Crippen LogP contribution >= 0.6 is 0 Å². The first-order valence-corrected chi connectivity index (χ1v) is 6.62. The zero-order valence-electron chi connectivity index (χ0n) is 11.7. The molecule has 3 heteroatoms. The Hall–Kier alpha value is -1.09. The van der Waals surface area contributed by atoms with Crippen LogP contribution < -0.4 is 10.6 Å². The van der Waals surface area contributed by atoms with Crippen LogP contribution in [0.25, 0.3) is 0 Å². The van der Waals surface area contributed by atoms with Crippen LogP contribution in [0.1, 0.15) is 33.3 Å². The Morgan fingerprint density at radius 1 is 1.39 bits per heavy atom. The van der Waals surface area contributed by atoms with Crippen molar-refractivity contribution < 1.29 is 4.39 Å². The van der Waals surface area contributed by atoms with E-state index in [2.05, 4.69) is 32.6 Å². The van der Waals surface area contributed by atoms with Crippen LogP contribution in [0.2, 0.25) is 0 Å². The summed E-state index contributed by atoms with van der Waals surface area (Å²) in [5.74, 6) is 0.300. The number of nitrogens with zero attached hydrogens (tertiary/aromatic N) is 1. The fourth-order valence-corrected chi connectivity index (χ4v) is 2.60. The summed E-state index contributed by atoms with van der Waals surface area (Å²) in [5, 5.41) is 0. The van der Waals surface area contributed by atoms with Crippen molar-refractivity contribution in [1.29, 1.82) is 0 Å². The second-order valence-corrected chi connectivity index (χ2v) is 6.33. The summed E-state index contributed by atoms with van der Waals surface area (Å²) >= 11 is 0. The quantitative estimate of drug-likeness (QED) is 0.893. The molecule has 1 atom stereocenters. The van der Waals surface area contributed by atoms with Crippen LogP contribution in [-0.4, -0.2) is 19.1 Å². The van der Waals surface area contributed by atoms with Gasteiger partial charge >= 0.3 is 0 Å². The molecule has 0 saturated carbocycles. The van der Waals surface area contributed by atoms with Crippen LogP contribution in [0.4, 0.5) is 10.1 Å². The molecule has 100 valence electrons. The number of rotatable bonds is 3. The molecule has 1 aliphatic heterocycles. The zero-order chi connectivity index (χ0) is 13.5. The van der Waals surface area contributed by atoms with Crippen LogP contribution in [0.5, 0.6) is 0 Å². The molecule has 0 aromatic heterocycles. The van der Waals surface area contributed by atoms with Gasteiger partial charge in [0, 0.05) is 30.2 Å². The van der Waals surface area contributed by atoms with Crippen molar-refractivity contribution in [3.05, 3.63) is 29.6 Å². The van der Waals surface area contributed by atoms with Crippen molar-refractivity contribution in [2.45, 2.75) is 39.2 Å². The molecular weight excluding hydrogens is 227 g/mol. The summed E-state index contributed by atoms with van der Waals surface area (Å²) < 4.78 is 13.4. The molecule has 0 saturated heterocycles. The molecule has 1 aliphatic rings. The maximum atomic E-state index is 13.4. The molecule has 0 amide bonds. The standard InChI is InChI=1S/C15H23FN2/c1-10(2)13(17)8-18-9-15(3,4)12-7-11(16)5-6-14(12)18/h5-7,10,13H,8-9,17H2,1-4H3/t13-/m1/s1. The molecule has 0 spiro atoms. The van der Waals surface area contributed by atoms with E-state index in [1.165, 1.54) is 6.07 Å². The molecule has 2 nitrogen and oxygen atoms in total. The predicted molar refractivity (Wildman–Crippen MR) is 74.5 cm³/mol. The Kier molecular flexibility index (Phi) is 3.37. The second kappa shape index (κ2) is 4.54. The first-order valence-electron chi connectivity index (χ1n) is 6.62. The molecule has 0 unspecified atom stereocenters. The molecule has 0 radical (unpaired) electrons. The van der Waals surface area contributed by atoms with Crippen molar-refractivity contribution in [2.75, 3.05) is 18.0 Å². The number of hydrogen-bond acceptors (Lipinski definition) is 2. The van der Waals surface area contributed by atoms with E-state index in [1.54, 1.807) is 6.07 Å². The van der Waals surface area contributed by atoms with Gasteiger partial charge < -0.3 is 10.6 Å². The van der Waals surface area contributed by atoms with Crippen molar-refractivity contribution in [1.82, 2.24) is 0 Å². The minimum Gasteiger partial charge on any atom is -0.369 e. The number of hydrogen-bond donors (Lipinski definition) is 1. The zero-order valence-corrected chi connectivity index (χ0v) is 11.7. The third-order valence-corrected chi connectivity index (χ3v) is 3.90. The summed E-state index contributed by atoms with van der Waals surface area (Å²) in [6.45, 7) is 10.3. The van der Waals surface area contributed by atoms with E-state index in [-0.39, 0.29) is 17.3 Å². The van der Waals surface area contributed by atoms with Gasteiger partial charge in [0.25, 0.3) is 0 Å². The van der Waals surface area contributed by atoms with Gasteiger partial charge in [-0.2, -0.15) is 0 Å². The summed E-state index contributed by atoms with van der Waals surface area (Å²) in [6, 6.07) is 5.23. The maximum Gasteiger partial charge on any atom is 0.123 e. The van der Waals surface area contributed by atoms with E-state index in [1.807, 2.05) is 6.07 Å². The first-order chi connectivity index (χ1) is 8.31. The molecule has 1 aromatic carbocycles. The van der Waals surface area contributed by atoms with Gasteiger partial charge in [-0.15, -0.1) is 0 Å². The lowest BCUT2D eigenvalue weighted by Crippen LogP contribution is -2.41. The molecule has 1 heterocycles. The van der Waals surface area contributed by atoms with E-state index in [9.17, 15) is 4.39 Å². The highest BCUT2D eigenvalue weighted by Crippen LogP contribution is 2.40. The fraction of sp³-hybridized carbons (Fsp3) is 0.600. The van der Waals surface area contributed by atoms with Gasteiger partial charge in [-0.25, -0.2) is 4.39 Å². The van der Waals surface area contributed by atoms with Crippen molar-refractivity contribution >= 4 is 5.69 Å². The minimum atomic E-state index is -0.156. The molecule has 18 heavy (non-hydrogen) atoms. The molecule has 0 fully saturated rings. The average Bonchev–Trinajstić information content (AvgIpc) is 2.50. The average molecular weight is 250 g/mol. The maximum absolute atomic E-state index is 13.4. The van der Waals surface area contributed by atoms with E-state index in [4.69, 9.17) is 5.73 Å². The number of anilines is 1. The lowest BCUT2D eigenvalue weighted by molar-refractivity contribution is 0.469. The lowest BCUT2D eigenvalue weighted by atomic mass is 9.87. The summed E-state index contributed by atoms with van der Waals surface area (Å²) in [6.07, 6.45) is 0. The lowest BCUT2D eigenvalue weighted by Gasteiger charge is -2.27. The number of fused-ring (bicyclic) bond motifs is 1. The van der Waals surface area contributed by atoms with E-state index in [0.717, 1.165) is 24.3 Å². The highest BCUT2D eigenvalue weighted by atomic mass is 19.1. The van der Waals surface area contributed by atoms with E-state index < -0.39 is 0 Å². The van der Waals surface area contributed by atoms with E-state index in [0.29, 0.717) is 5.92 Å². The monoisotopic (exact) mass is 250 g/mol. The normalized spacial score (nSPS) is 19.2. The van der Waals surface area contributed by atoms with Gasteiger partial charge in [0.05, 0.1) is 0 Å². The Balaban J connectivity index is 2.28. The fourth-order valence-electron chi connectivity index (χ4n) is 2.60. The van der Waals surface area contributed by atoms with Crippen LogP contribution in [-0.2, 0) is 5.41 Å². The highest BCUT2D eigenvalue weighted by molar-refractivity contribution is 5.62. The van der Waals surface area contributed by atoms with Crippen LogP contribution in [0.3, 0.4) is 0 Å². The Morgan fingerprint density at radius 2 is 2.06 bits per heavy atom. The smallest absolute Gasteiger partial charge is 0.123 e. The SMILES string of the molecule is CC(C)[C@H](N)CN1CC(C)(C)c2cc(F)ccc21. The highest BCUT2D eigenvalue weighted by Gasteiger charge is 2.35. The topological polar surface area (TPSA) is 29.3 Å². The molecule has 0 bridgehead atoms. The van der Waals surface area contributed by atoms with Gasteiger partial charge in [-0.3, -0.25) is 0 Å². The Labute approximate surface area is 109 Å². The van der Waals surface area contributed by atoms with Gasteiger partial charge in [-0.1, -0.05) is 27.7 Å². The largest absolute Gasteiger partial charge is 0.369 e. The third-order valence-electron chi connectivity index (χ3n) is 3.90. The van der Waals surface area contributed by atoms with Gasteiger partial charge in [-0.05, 0) is 29.7 Å². The molecule has 2 rings (SSSR count). The van der Waals surface area contributed by atoms with Gasteiger partial charge in [0.2, 0.25) is 0 Å². The summed E-state index contributed by atoms with van der Waals surface area (Å²) in [4.78, 5) is 2.29. The van der Waals surface area contributed by atoms with Crippen LogP contribution in [0, 0.1) is 11.7 Å². The van der Waals surface area contributed by atoms with E-state index >= 15 is 0 Å². The van der Waals surface area contributed by atoms with Gasteiger partial charge in [0.15, 0.2) is 0 Å². The summed E-state index contributed by atoms with van der Waals surface area (Å²) in [5.41, 5.74) is 8.38. The Morgan fingerprint density at radius 3 is 2.67 bits per heavy atom. The number of nitrogens with two attached hydrogens (primary N) is 1. The van der Waals surface area contributed by atoms with Crippen LogP contribution in [0.15, 0.2) is 18.2 Å². The number of benzene rings is 1. The van der Waals surface area contributed by atoms with Crippen molar-refractivity contribution in [3.8, 4) is 0 Å². The Bertz CT molecular complexity index is 440. The molecule has 0 aliphatic carbocycles. The molecule has 1 aromatic rings.